The summed E-state index contributed by atoms with van der Waals surface area (Å²) in [6, 6.07) is 14.3. The number of hydrogen-bond donors (Lipinski definition) is 1. The Balaban J connectivity index is 1.91. The van der Waals surface area contributed by atoms with Gasteiger partial charge in [-0.2, -0.15) is 0 Å². The third-order valence-corrected chi connectivity index (χ3v) is 4.04. The summed E-state index contributed by atoms with van der Waals surface area (Å²) in [5.74, 6) is 0.0274. The molecule has 96 valence electrons. The molecule has 1 aliphatic heterocycles. The standard InChI is InChI=1S/C16H14BrNO/c1-10-2-7-15-13(8-10)14(16(19)18-15)9-11-3-5-12(17)6-4-11/h2-8,14H,9H2,1H3,(H,18,19)/t14-/m0/s1. The zero-order valence-electron chi connectivity index (χ0n) is 10.6. The van der Waals surface area contributed by atoms with E-state index in [9.17, 15) is 4.79 Å². The number of rotatable bonds is 2. The van der Waals surface area contributed by atoms with Crippen molar-refractivity contribution in [2.75, 3.05) is 5.32 Å². The van der Waals surface area contributed by atoms with Crippen molar-refractivity contribution in [2.24, 2.45) is 0 Å². The van der Waals surface area contributed by atoms with Gasteiger partial charge in [0.15, 0.2) is 0 Å². The Morgan fingerprint density at radius 3 is 2.63 bits per heavy atom. The molecule has 0 fully saturated rings. The molecule has 0 saturated carbocycles. The first-order valence-electron chi connectivity index (χ1n) is 6.29. The van der Waals surface area contributed by atoms with E-state index in [4.69, 9.17) is 0 Å². The van der Waals surface area contributed by atoms with Crippen molar-refractivity contribution >= 4 is 27.5 Å². The van der Waals surface area contributed by atoms with Gasteiger partial charge in [-0.15, -0.1) is 0 Å². The van der Waals surface area contributed by atoms with E-state index in [2.05, 4.69) is 46.4 Å². The highest BCUT2D eigenvalue weighted by molar-refractivity contribution is 9.10. The van der Waals surface area contributed by atoms with E-state index in [1.54, 1.807) is 0 Å². The van der Waals surface area contributed by atoms with Gasteiger partial charge >= 0.3 is 0 Å². The number of amides is 1. The summed E-state index contributed by atoms with van der Waals surface area (Å²) in [4.78, 5) is 12.1. The van der Waals surface area contributed by atoms with Crippen LogP contribution in [0.4, 0.5) is 5.69 Å². The van der Waals surface area contributed by atoms with Crippen LogP contribution in [0.3, 0.4) is 0 Å². The van der Waals surface area contributed by atoms with Gasteiger partial charge in [0, 0.05) is 10.2 Å². The highest BCUT2D eigenvalue weighted by Gasteiger charge is 2.30. The van der Waals surface area contributed by atoms with Crippen LogP contribution in [0.25, 0.3) is 0 Å². The number of nitrogens with one attached hydrogen (secondary N) is 1. The van der Waals surface area contributed by atoms with Crippen LogP contribution < -0.4 is 5.32 Å². The Morgan fingerprint density at radius 1 is 1.16 bits per heavy atom. The van der Waals surface area contributed by atoms with Crippen molar-refractivity contribution in [3.63, 3.8) is 0 Å². The molecule has 0 saturated heterocycles. The Bertz CT molecular complexity index is 634. The highest BCUT2D eigenvalue weighted by atomic mass is 79.9. The van der Waals surface area contributed by atoms with E-state index >= 15 is 0 Å². The summed E-state index contributed by atoms with van der Waals surface area (Å²) in [6.07, 6.45) is 0.746. The lowest BCUT2D eigenvalue weighted by Crippen LogP contribution is -2.14. The minimum absolute atomic E-state index is 0.0731. The van der Waals surface area contributed by atoms with Gasteiger partial charge in [0.1, 0.15) is 0 Å². The summed E-state index contributed by atoms with van der Waals surface area (Å²) in [5.41, 5.74) is 4.44. The van der Waals surface area contributed by atoms with Gasteiger partial charge in [0.05, 0.1) is 5.92 Å². The van der Waals surface area contributed by atoms with E-state index in [1.807, 2.05) is 24.3 Å². The lowest BCUT2D eigenvalue weighted by molar-refractivity contribution is -0.117. The third kappa shape index (κ3) is 2.43. The van der Waals surface area contributed by atoms with Gasteiger partial charge in [-0.25, -0.2) is 0 Å². The first-order valence-corrected chi connectivity index (χ1v) is 7.08. The Morgan fingerprint density at radius 2 is 1.89 bits per heavy atom. The zero-order chi connectivity index (χ0) is 13.4. The molecule has 1 aliphatic rings. The average Bonchev–Trinajstić information content (AvgIpc) is 2.69. The molecule has 19 heavy (non-hydrogen) atoms. The lowest BCUT2D eigenvalue weighted by Gasteiger charge is -2.09. The molecule has 1 amide bonds. The maximum atomic E-state index is 12.1. The van der Waals surface area contributed by atoms with Crippen molar-refractivity contribution in [1.29, 1.82) is 0 Å². The average molecular weight is 316 g/mol. The SMILES string of the molecule is Cc1ccc2c(c1)[C@H](Cc1ccc(Br)cc1)C(=O)N2. The Labute approximate surface area is 121 Å². The normalized spacial score (nSPS) is 17.2. The van der Waals surface area contributed by atoms with Crippen molar-refractivity contribution in [3.05, 3.63) is 63.6 Å². The Hall–Kier alpha value is -1.61. The molecule has 1 atom stereocenters. The molecular formula is C16H14BrNO. The second kappa shape index (κ2) is 4.82. The first-order chi connectivity index (χ1) is 9.13. The van der Waals surface area contributed by atoms with E-state index in [-0.39, 0.29) is 11.8 Å². The molecule has 3 heteroatoms. The van der Waals surface area contributed by atoms with E-state index in [0.29, 0.717) is 0 Å². The van der Waals surface area contributed by atoms with E-state index in [0.717, 1.165) is 22.1 Å². The molecule has 0 radical (unpaired) electrons. The number of anilines is 1. The number of fused-ring (bicyclic) bond motifs is 1. The van der Waals surface area contributed by atoms with Crippen LogP contribution >= 0.6 is 15.9 Å². The van der Waals surface area contributed by atoms with Crippen LogP contribution in [-0.4, -0.2) is 5.91 Å². The van der Waals surface area contributed by atoms with Crippen LogP contribution in [0, 0.1) is 6.92 Å². The summed E-state index contributed by atoms with van der Waals surface area (Å²) in [6.45, 7) is 2.06. The van der Waals surface area contributed by atoms with Crippen LogP contribution in [-0.2, 0) is 11.2 Å². The van der Waals surface area contributed by atoms with E-state index in [1.165, 1.54) is 11.1 Å². The molecule has 0 spiro atoms. The van der Waals surface area contributed by atoms with Crippen molar-refractivity contribution in [1.82, 2.24) is 0 Å². The number of carbonyl (C=O) groups is 1. The first kappa shape index (κ1) is 12.4. The number of carbonyl (C=O) groups excluding carboxylic acids is 1. The Kier molecular flexibility index (Phi) is 3.15. The van der Waals surface area contributed by atoms with Crippen molar-refractivity contribution < 1.29 is 4.79 Å². The topological polar surface area (TPSA) is 29.1 Å². The molecule has 0 bridgehead atoms. The minimum Gasteiger partial charge on any atom is -0.325 e. The molecule has 0 unspecified atom stereocenters. The van der Waals surface area contributed by atoms with Crippen LogP contribution in [0.1, 0.15) is 22.6 Å². The molecule has 1 heterocycles. The summed E-state index contributed by atoms with van der Waals surface area (Å²) in [5, 5.41) is 2.96. The quantitative estimate of drug-likeness (QED) is 0.890. The fourth-order valence-corrected chi connectivity index (χ4v) is 2.77. The summed E-state index contributed by atoms with van der Waals surface area (Å²) >= 11 is 3.43. The molecule has 2 aromatic carbocycles. The largest absolute Gasteiger partial charge is 0.325 e. The van der Waals surface area contributed by atoms with Gasteiger partial charge in [0.25, 0.3) is 0 Å². The third-order valence-electron chi connectivity index (χ3n) is 3.51. The van der Waals surface area contributed by atoms with Gasteiger partial charge < -0.3 is 5.32 Å². The molecule has 0 aromatic heterocycles. The van der Waals surface area contributed by atoms with Gasteiger partial charge in [-0.3, -0.25) is 4.79 Å². The molecule has 3 rings (SSSR count). The minimum atomic E-state index is -0.0731. The fraction of sp³-hybridized carbons (Fsp3) is 0.188. The predicted octanol–water partition coefficient (Wildman–Crippen LogP) is 4.04. The molecular weight excluding hydrogens is 302 g/mol. The maximum absolute atomic E-state index is 12.1. The second-order valence-corrected chi connectivity index (χ2v) is 5.88. The molecule has 0 aliphatic carbocycles. The highest BCUT2D eigenvalue weighted by Crippen LogP contribution is 2.35. The van der Waals surface area contributed by atoms with Gasteiger partial charge in [0.2, 0.25) is 5.91 Å². The van der Waals surface area contributed by atoms with Crippen molar-refractivity contribution in [2.45, 2.75) is 19.3 Å². The van der Waals surface area contributed by atoms with Gasteiger partial charge in [-0.05, 0) is 42.7 Å². The number of halogens is 1. The fourth-order valence-electron chi connectivity index (χ4n) is 2.50. The molecule has 1 N–H and O–H groups in total. The number of aryl methyl sites for hydroxylation is 1. The second-order valence-electron chi connectivity index (χ2n) is 4.96. The lowest BCUT2D eigenvalue weighted by atomic mass is 9.92. The zero-order valence-corrected chi connectivity index (χ0v) is 12.2. The monoisotopic (exact) mass is 315 g/mol. The van der Waals surface area contributed by atoms with E-state index < -0.39 is 0 Å². The predicted molar refractivity (Wildman–Crippen MR) is 80.4 cm³/mol. The molecule has 2 aromatic rings. The summed E-state index contributed by atoms with van der Waals surface area (Å²) in [7, 11) is 0. The summed E-state index contributed by atoms with van der Waals surface area (Å²) < 4.78 is 1.06. The molecule has 2 nitrogen and oxygen atoms in total. The number of benzene rings is 2. The van der Waals surface area contributed by atoms with Crippen LogP contribution in [0.15, 0.2) is 46.9 Å². The van der Waals surface area contributed by atoms with Gasteiger partial charge in [-0.1, -0.05) is 45.8 Å². The van der Waals surface area contributed by atoms with Crippen LogP contribution in [0.5, 0.6) is 0 Å². The van der Waals surface area contributed by atoms with Crippen molar-refractivity contribution in [3.8, 4) is 0 Å². The number of hydrogen-bond acceptors (Lipinski definition) is 1. The smallest absolute Gasteiger partial charge is 0.232 e. The van der Waals surface area contributed by atoms with Crippen LogP contribution in [0.2, 0.25) is 0 Å². The maximum Gasteiger partial charge on any atom is 0.232 e.